The zero-order valence-corrected chi connectivity index (χ0v) is 6.57. The standard InChI is InChI=1S/C8H10S.Li.H/c1-6-3-4-7(2)8(9)5-6;;/h3-5,9H,1-2H3;;. The van der Waals surface area contributed by atoms with E-state index in [2.05, 4.69) is 44.7 Å². The van der Waals surface area contributed by atoms with Gasteiger partial charge >= 0.3 is 18.9 Å². The molecule has 1 aromatic rings. The molecule has 0 aliphatic carbocycles. The van der Waals surface area contributed by atoms with Gasteiger partial charge in [0.1, 0.15) is 0 Å². The van der Waals surface area contributed by atoms with E-state index in [1.54, 1.807) is 0 Å². The van der Waals surface area contributed by atoms with Crippen molar-refractivity contribution in [2.45, 2.75) is 18.7 Å². The van der Waals surface area contributed by atoms with Crippen LogP contribution in [0.25, 0.3) is 0 Å². The Morgan fingerprint density at radius 1 is 1.20 bits per heavy atom. The molecule has 50 valence electrons. The summed E-state index contributed by atoms with van der Waals surface area (Å²) in [5.74, 6) is 0. The second-order valence-electron chi connectivity index (χ2n) is 2.29. The molecule has 0 saturated heterocycles. The number of thiol groups is 1. The maximum atomic E-state index is 4.27. The molecule has 0 saturated carbocycles. The van der Waals surface area contributed by atoms with Crippen molar-refractivity contribution in [1.82, 2.24) is 0 Å². The van der Waals surface area contributed by atoms with E-state index >= 15 is 0 Å². The van der Waals surface area contributed by atoms with Crippen LogP contribution in [0.4, 0.5) is 0 Å². The van der Waals surface area contributed by atoms with Gasteiger partial charge in [-0.15, -0.1) is 12.6 Å². The van der Waals surface area contributed by atoms with Gasteiger partial charge in [-0.2, -0.15) is 0 Å². The molecule has 2 heteroatoms. The third-order valence-corrected chi connectivity index (χ3v) is 1.85. The van der Waals surface area contributed by atoms with Crippen LogP contribution in [0.3, 0.4) is 0 Å². The van der Waals surface area contributed by atoms with Crippen molar-refractivity contribution < 1.29 is 0 Å². The summed E-state index contributed by atoms with van der Waals surface area (Å²) in [6, 6.07) is 6.24. The maximum absolute atomic E-state index is 4.27. The van der Waals surface area contributed by atoms with Crippen LogP contribution in [0.2, 0.25) is 0 Å². The number of benzene rings is 1. The average molecular weight is 146 g/mol. The minimum atomic E-state index is 0. The fourth-order valence-corrected chi connectivity index (χ4v) is 0.998. The molecule has 0 aliphatic heterocycles. The van der Waals surface area contributed by atoms with Crippen molar-refractivity contribution in [3.63, 3.8) is 0 Å². The molecule has 1 aromatic carbocycles. The monoisotopic (exact) mass is 146 g/mol. The first-order chi connectivity index (χ1) is 4.20. The molecule has 0 atom stereocenters. The Morgan fingerprint density at radius 2 is 1.80 bits per heavy atom. The SMILES string of the molecule is Cc1ccc(C)c(S)c1.[LiH]. The van der Waals surface area contributed by atoms with Gasteiger partial charge in [-0.25, -0.2) is 0 Å². The summed E-state index contributed by atoms with van der Waals surface area (Å²) < 4.78 is 0. The normalized spacial score (nSPS) is 8.70. The third-order valence-electron chi connectivity index (χ3n) is 1.36. The predicted molar refractivity (Wildman–Crippen MR) is 50.3 cm³/mol. The molecule has 1 rings (SSSR count). The van der Waals surface area contributed by atoms with Gasteiger partial charge in [-0.1, -0.05) is 17.7 Å². The quantitative estimate of drug-likeness (QED) is 0.419. The molecule has 0 amide bonds. The van der Waals surface area contributed by atoms with Crippen LogP contribution in [-0.2, 0) is 0 Å². The average Bonchev–Trinajstić information content (AvgIpc) is 1.80. The van der Waals surface area contributed by atoms with Crippen LogP contribution in [-0.4, -0.2) is 18.9 Å². The summed E-state index contributed by atoms with van der Waals surface area (Å²) in [7, 11) is 0. The molecule has 0 N–H and O–H groups in total. The predicted octanol–water partition coefficient (Wildman–Crippen LogP) is 1.94. The Bertz CT molecular complexity index is 220. The van der Waals surface area contributed by atoms with Crippen molar-refractivity contribution in [3.8, 4) is 0 Å². The second-order valence-corrected chi connectivity index (χ2v) is 2.77. The van der Waals surface area contributed by atoms with Gasteiger partial charge in [-0.3, -0.25) is 0 Å². The first kappa shape index (κ1) is 10.2. The molecule has 0 fully saturated rings. The van der Waals surface area contributed by atoms with Gasteiger partial charge in [-0.05, 0) is 25.5 Å². The van der Waals surface area contributed by atoms with Gasteiger partial charge in [0.2, 0.25) is 0 Å². The number of hydrogen-bond acceptors (Lipinski definition) is 1. The van der Waals surface area contributed by atoms with E-state index in [1.807, 2.05) is 0 Å². The Kier molecular flexibility index (Phi) is 4.20. The van der Waals surface area contributed by atoms with Gasteiger partial charge < -0.3 is 0 Å². The van der Waals surface area contributed by atoms with Gasteiger partial charge in [0.15, 0.2) is 0 Å². The Labute approximate surface area is 79.6 Å². The first-order valence-electron chi connectivity index (χ1n) is 2.96. The molecular weight excluding hydrogens is 135 g/mol. The Morgan fingerprint density at radius 3 is 2.20 bits per heavy atom. The zero-order valence-electron chi connectivity index (χ0n) is 5.68. The molecule has 0 nitrogen and oxygen atoms in total. The van der Waals surface area contributed by atoms with E-state index < -0.39 is 0 Å². The second kappa shape index (κ2) is 4.13. The van der Waals surface area contributed by atoms with Gasteiger partial charge in [0.25, 0.3) is 0 Å². The van der Waals surface area contributed by atoms with E-state index in [9.17, 15) is 0 Å². The number of aryl methyl sites for hydroxylation is 2. The van der Waals surface area contributed by atoms with Crippen LogP contribution in [0, 0.1) is 13.8 Å². The molecule has 0 bridgehead atoms. The molecule has 0 radical (unpaired) electrons. The fraction of sp³-hybridized carbons (Fsp3) is 0.250. The Hall–Kier alpha value is 0.167. The van der Waals surface area contributed by atoms with Crippen LogP contribution in [0.1, 0.15) is 11.1 Å². The molecule has 10 heavy (non-hydrogen) atoms. The summed E-state index contributed by atoms with van der Waals surface area (Å²) in [6.45, 7) is 4.13. The van der Waals surface area contributed by atoms with Crippen LogP contribution in [0.15, 0.2) is 23.1 Å². The molecular formula is C8H11LiS. The summed E-state index contributed by atoms with van der Waals surface area (Å²) in [5.41, 5.74) is 2.51. The van der Waals surface area contributed by atoms with E-state index in [0.717, 1.165) is 4.90 Å². The topological polar surface area (TPSA) is 0 Å². The van der Waals surface area contributed by atoms with Crippen LogP contribution >= 0.6 is 12.6 Å². The first-order valence-corrected chi connectivity index (χ1v) is 3.41. The van der Waals surface area contributed by atoms with Crippen LogP contribution < -0.4 is 0 Å². The van der Waals surface area contributed by atoms with Gasteiger partial charge in [0.05, 0.1) is 0 Å². The van der Waals surface area contributed by atoms with E-state index in [-0.39, 0.29) is 18.9 Å². The van der Waals surface area contributed by atoms with Crippen LogP contribution in [0.5, 0.6) is 0 Å². The van der Waals surface area contributed by atoms with E-state index in [0.29, 0.717) is 0 Å². The molecule has 0 aromatic heterocycles. The van der Waals surface area contributed by atoms with Crippen molar-refractivity contribution in [1.29, 1.82) is 0 Å². The van der Waals surface area contributed by atoms with E-state index in [1.165, 1.54) is 11.1 Å². The van der Waals surface area contributed by atoms with Crippen molar-refractivity contribution >= 4 is 31.5 Å². The van der Waals surface area contributed by atoms with Crippen molar-refractivity contribution in [3.05, 3.63) is 29.3 Å². The molecule has 0 spiro atoms. The fourth-order valence-electron chi connectivity index (χ4n) is 0.719. The minimum absolute atomic E-state index is 0. The van der Waals surface area contributed by atoms with E-state index in [4.69, 9.17) is 0 Å². The molecule has 0 aliphatic rings. The summed E-state index contributed by atoms with van der Waals surface area (Å²) in [6.07, 6.45) is 0. The molecule has 0 heterocycles. The van der Waals surface area contributed by atoms with Crippen molar-refractivity contribution in [2.24, 2.45) is 0 Å². The zero-order chi connectivity index (χ0) is 6.85. The molecule has 0 unspecified atom stereocenters. The number of hydrogen-bond donors (Lipinski definition) is 1. The summed E-state index contributed by atoms with van der Waals surface area (Å²) >= 11 is 4.27. The third kappa shape index (κ3) is 2.42. The number of rotatable bonds is 0. The summed E-state index contributed by atoms with van der Waals surface area (Å²) in [5, 5.41) is 0. The Balaban J connectivity index is 0.000000810. The van der Waals surface area contributed by atoms with Crippen molar-refractivity contribution in [2.75, 3.05) is 0 Å². The van der Waals surface area contributed by atoms with Gasteiger partial charge in [0, 0.05) is 4.90 Å². The summed E-state index contributed by atoms with van der Waals surface area (Å²) in [4.78, 5) is 1.08.